The molecule has 1 rings (SSSR count). The van der Waals surface area contributed by atoms with Gasteiger partial charge in [0.2, 0.25) is 11.8 Å². The lowest BCUT2D eigenvalue weighted by atomic mass is 9.91. The van der Waals surface area contributed by atoms with E-state index in [9.17, 15) is 9.59 Å². The molecule has 1 atom stereocenters. The maximum absolute atomic E-state index is 12.7. The van der Waals surface area contributed by atoms with Crippen molar-refractivity contribution < 1.29 is 9.59 Å². The van der Waals surface area contributed by atoms with Crippen molar-refractivity contribution in [2.75, 3.05) is 20.6 Å². The third kappa shape index (κ3) is 6.13. The van der Waals surface area contributed by atoms with E-state index in [4.69, 9.17) is 0 Å². The molecule has 0 saturated carbocycles. The number of hydrogen-bond acceptors (Lipinski definition) is 3. The van der Waals surface area contributed by atoms with Crippen LogP contribution in [0.2, 0.25) is 0 Å². The van der Waals surface area contributed by atoms with Crippen LogP contribution in [-0.2, 0) is 16.0 Å². The van der Waals surface area contributed by atoms with E-state index >= 15 is 0 Å². The van der Waals surface area contributed by atoms with Crippen LogP contribution in [0.15, 0.2) is 30.3 Å². The number of hydrogen-bond donors (Lipinski definition) is 2. The fourth-order valence-corrected chi connectivity index (χ4v) is 3.19. The smallest absolute Gasteiger partial charge is 0.242 e. The van der Waals surface area contributed by atoms with E-state index in [-0.39, 0.29) is 29.7 Å². The topological polar surface area (TPSA) is 61.4 Å². The van der Waals surface area contributed by atoms with Crippen LogP contribution in [0.5, 0.6) is 0 Å². The van der Waals surface area contributed by atoms with Gasteiger partial charge >= 0.3 is 0 Å². The molecule has 0 heterocycles. The van der Waals surface area contributed by atoms with Gasteiger partial charge in [0, 0.05) is 12.1 Å². The average molecular weight is 362 g/mol. The molecule has 0 radical (unpaired) electrons. The number of rotatable bonds is 10. The Hall–Kier alpha value is -1.88. The summed E-state index contributed by atoms with van der Waals surface area (Å²) in [6, 6.07) is 9.04. The molecule has 2 amide bonds. The molecule has 0 saturated heterocycles. The van der Waals surface area contributed by atoms with Gasteiger partial charge < -0.3 is 15.5 Å². The highest BCUT2D eigenvalue weighted by atomic mass is 16.2. The lowest BCUT2D eigenvalue weighted by Crippen LogP contribution is -2.56. The number of benzene rings is 1. The molecule has 0 aromatic heterocycles. The minimum atomic E-state index is -0.528. The summed E-state index contributed by atoms with van der Waals surface area (Å²) in [6.45, 7) is 8.75. The van der Waals surface area contributed by atoms with Gasteiger partial charge in [-0.25, -0.2) is 0 Å². The number of amides is 2. The van der Waals surface area contributed by atoms with Crippen molar-refractivity contribution in [3.63, 3.8) is 0 Å². The molecule has 1 aromatic rings. The Morgan fingerprint density at radius 2 is 1.65 bits per heavy atom. The van der Waals surface area contributed by atoms with Crippen LogP contribution in [0.4, 0.5) is 0 Å². The van der Waals surface area contributed by atoms with Crippen LogP contribution in [0, 0.1) is 5.92 Å². The molecule has 0 bridgehead atoms. The van der Waals surface area contributed by atoms with E-state index < -0.39 is 6.04 Å². The van der Waals surface area contributed by atoms with Crippen molar-refractivity contribution in [1.29, 1.82) is 0 Å². The number of carbonyl (C=O) groups excluding carboxylic acids is 2. The van der Waals surface area contributed by atoms with Gasteiger partial charge in [-0.2, -0.15) is 0 Å². The Bertz CT molecular complexity index is 566. The maximum Gasteiger partial charge on any atom is 0.242 e. The standard InChI is InChI=1S/C21H35N3O2/c1-7-21(8-2,24(5)6)15-22-20(26)19(16(3)4)23-18(25)14-17-12-10-9-11-13-17/h9-13,16,19H,7-8,14-15H2,1-6H3,(H,22,26)(H,23,25)/t19-/m1/s1. The molecule has 0 aliphatic carbocycles. The molecule has 0 fully saturated rings. The summed E-state index contributed by atoms with van der Waals surface area (Å²) in [6.07, 6.45) is 2.18. The maximum atomic E-state index is 12.7. The lowest BCUT2D eigenvalue weighted by molar-refractivity contribution is -0.130. The molecular weight excluding hydrogens is 326 g/mol. The van der Waals surface area contributed by atoms with E-state index in [0.717, 1.165) is 18.4 Å². The molecule has 0 spiro atoms. The molecule has 0 unspecified atom stereocenters. The molecule has 1 aromatic carbocycles. The van der Waals surface area contributed by atoms with Gasteiger partial charge in [-0.15, -0.1) is 0 Å². The molecule has 26 heavy (non-hydrogen) atoms. The Kier molecular flexibility index (Phi) is 8.79. The molecular formula is C21H35N3O2. The Morgan fingerprint density at radius 1 is 1.08 bits per heavy atom. The van der Waals surface area contributed by atoms with Crippen LogP contribution in [-0.4, -0.2) is 48.9 Å². The van der Waals surface area contributed by atoms with E-state index in [1.165, 1.54) is 0 Å². The van der Waals surface area contributed by atoms with Gasteiger partial charge in [0.05, 0.1) is 6.42 Å². The zero-order valence-electron chi connectivity index (χ0n) is 17.1. The number of nitrogens with zero attached hydrogens (tertiary/aromatic N) is 1. The van der Waals surface area contributed by atoms with Crippen molar-refractivity contribution in [2.45, 2.75) is 58.5 Å². The zero-order chi connectivity index (χ0) is 19.7. The van der Waals surface area contributed by atoms with Gasteiger partial charge in [-0.3, -0.25) is 9.59 Å². The van der Waals surface area contributed by atoms with Crippen molar-refractivity contribution in [2.24, 2.45) is 5.92 Å². The van der Waals surface area contributed by atoms with Crippen LogP contribution in [0.25, 0.3) is 0 Å². The van der Waals surface area contributed by atoms with Crippen LogP contribution in [0.3, 0.4) is 0 Å². The fraction of sp³-hybridized carbons (Fsp3) is 0.619. The summed E-state index contributed by atoms with van der Waals surface area (Å²) in [4.78, 5) is 27.3. The lowest BCUT2D eigenvalue weighted by Gasteiger charge is -2.39. The van der Waals surface area contributed by atoms with Gasteiger partial charge in [0.15, 0.2) is 0 Å². The van der Waals surface area contributed by atoms with E-state index in [1.807, 2.05) is 58.3 Å². The highest BCUT2D eigenvalue weighted by Gasteiger charge is 2.31. The van der Waals surface area contributed by atoms with Crippen LogP contribution < -0.4 is 10.6 Å². The molecule has 0 aliphatic heterocycles. The Morgan fingerprint density at radius 3 is 2.12 bits per heavy atom. The summed E-state index contributed by atoms with van der Waals surface area (Å²) in [5, 5.41) is 5.96. The summed E-state index contributed by atoms with van der Waals surface area (Å²) in [5.74, 6) is -0.226. The minimum absolute atomic E-state index is 0.0201. The summed E-state index contributed by atoms with van der Waals surface area (Å²) >= 11 is 0. The van der Waals surface area contributed by atoms with E-state index in [2.05, 4.69) is 29.4 Å². The predicted molar refractivity (Wildman–Crippen MR) is 107 cm³/mol. The van der Waals surface area contributed by atoms with Gasteiger partial charge in [0.1, 0.15) is 6.04 Å². The Balaban J connectivity index is 2.70. The highest BCUT2D eigenvalue weighted by molar-refractivity contribution is 5.88. The minimum Gasteiger partial charge on any atom is -0.352 e. The summed E-state index contributed by atoms with van der Waals surface area (Å²) < 4.78 is 0. The third-order valence-electron chi connectivity index (χ3n) is 5.33. The number of carbonyl (C=O) groups is 2. The first-order valence-electron chi connectivity index (χ1n) is 9.54. The van der Waals surface area contributed by atoms with Crippen molar-refractivity contribution >= 4 is 11.8 Å². The normalized spacial score (nSPS) is 12.9. The second-order valence-corrected chi connectivity index (χ2v) is 7.50. The van der Waals surface area contributed by atoms with Gasteiger partial charge in [-0.05, 0) is 38.4 Å². The summed E-state index contributed by atoms with van der Waals surface area (Å²) in [5.41, 5.74) is 0.877. The predicted octanol–water partition coefficient (Wildman–Crippen LogP) is 2.61. The molecule has 5 heteroatoms. The SMILES string of the molecule is CCC(CC)(CNC(=O)[C@H](NC(=O)Cc1ccccc1)C(C)C)N(C)C. The Labute approximate surface area is 158 Å². The average Bonchev–Trinajstić information content (AvgIpc) is 2.61. The van der Waals surface area contributed by atoms with E-state index in [1.54, 1.807) is 0 Å². The molecule has 5 nitrogen and oxygen atoms in total. The molecule has 0 aliphatic rings. The first-order valence-corrected chi connectivity index (χ1v) is 9.54. The van der Waals surface area contributed by atoms with Gasteiger partial charge in [-0.1, -0.05) is 58.0 Å². The first-order chi connectivity index (χ1) is 12.3. The zero-order valence-corrected chi connectivity index (χ0v) is 17.1. The second kappa shape index (κ2) is 10.3. The molecule has 2 N–H and O–H groups in total. The first kappa shape index (κ1) is 22.2. The number of likely N-dealkylation sites (N-methyl/N-ethyl adjacent to an activating group) is 1. The fourth-order valence-electron chi connectivity index (χ4n) is 3.19. The highest BCUT2D eigenvalue weighted by Crippen LogP contribution is 2.20. The largest absolute Gasteiger partial charge is 0.352 e. The van der Waals surface area contributed by atoms with Gasteiger partial charge in [0.25, 0.3) is 0 Å². The second-order valence-electron chi connectivity index (χ2n) is 7.50. The van der Waals surface area contributed by atoms with E-state index in [0.29, 0.717) is 6.54 Å². The third-order valence-corrected chi connectivity index (χ3v) is 5.33. The monoisotopic (exact) mass is 361 g/mol. The number of nitrogens with one attached hydrogen (secondary N) is 2. The van der Waals surface area contributed by atoms with Crippen molar-refractivity contribution in [3.8, 4) is 0 Å². The summed E-state index contributed by atoms with van der Waals surface area (Å²) in [7, 11) is 4.08. The van der Waals surface area contributed by atoms with Crippen molar-refractivity contribution in [3.05, 3.63) is 35.9 Å². The quantitative estimate of drug-likeness (QED) is 0.673. The van der Waals surface area contributed by atoms with Crippen LogP contribution >= 0.6 is 0 Å². The van der Waals surface area contributed by atoms with Crippen LogP contribution in [0.1, 0.15) is 46.1 Å². The molecule has 146 valence electrons. The van der Waals surface area contributed by atoms with Crippen molar-refractivity contribution in [1.82, 2.24) is 15.5 Å².